The summed E-state index contributed by atoms with van der Waals surface area (Å²) in [6, 6.07) is 7.04. The number of rotatable bonds is 2. The van der Waals surface area contributed by atoms with Crippen molar-refractivity contribution in [3.05, 3.63) is 24.3 Å². The first-order valence-electron chi connectivity index (χ1n) is 4.94. The summed E-state index contributed by atoms with van der Waals surface area (Å²) in [5.41, 5.74) is 1.41. The van der Waals surface area contributed by atoms with Gasteiger partial charge in [-0.05, 0) is 19.1 Å². The van der Waals surface area contributed by atoms with Gasteiger partial charge in [-0.25, -0.2) is 4.79 Å². The molecule has 1 N–H and O–H groups in total. The quantitative estimate of drug-likeness (QED) is 0.773. The van der Waals surface area contributed by atoms with Gasteiger partial charge in [-0.1, -0.05) is 17.3 Å². The minimum Gasteiger partial charge on any atom is -0.333 e. The smallest absolute Gasteiger partial charge is 0.333 e. The van der Waals surface area contributed by atoms with Gasteiger partial charge in [0.25, 0.3) is 0 Å². The lowest BCUT2D eigenvalue weighted by Gasteiger charge is -2.10. The largest absolute Gasteiger partial charge is 0.344 e. The molecule has 2 rings (SSSR count). The molecule has 16 heavy (non-hydrogen) atoms. The van der Waals surface area contributed by atoms with Crippen LogP contribution in [-0.2, 0) is 0 Å². The van der Waals surface area contributed by atoms with Gasteiger partial charge in [-0.2, -0.15) is 17.3 Å². The molecule has 0 aliphatic heterocycles. The molecular formula is C10H12N4OS. The van der Waals surface area contributed by atoms with E-state index in [1.54, 1.807) is 6.07 Å². The van der Waals surface area contributed by atoms with Crippen molar-refractivity contribution in [2.45, 2.75) is 13.0 Å². The number of carbonyl (C=O) groups excluding carboxylic acids is 1. The summed E-state index contributed by atoms with van der Waals surface area (Å²) in [6.45, 7) is 1.88. The lowest BCUT2D eigenvalue weighted by Crippen LogP contribution is -2.37. The molecule has 1 unspecified atom stereocenters. The van der Waals surface area contributed by atoms with E-state index < -0.39 is 0 Å². The van der Waals surface area contributed by atoms with Crippen LogP contribution in [0, 0.1) is 0 Å². The fraction of sp³-hybridized carbons (Fsp3) is 0.300. The second-order valence-corrected chi connectivity index (χ2v) is 3.89. The first-order chi connectivity index (χ1) is 7.72. The maximum absolute atomic E-state index is 11.8. The maximum atomic E-state index is 11.8. The minimum atomic E-state index is -0.282. The van der Waals surface area contributed by atoms with E-state index in [0.717, 1.165) is 0 Å². The fourth-order valence-electron chi connectivity index (χ4n) is 1.34. The van der Waals surface area contributed by atoms with Crippen molar-refractivity contribution >= 4 is 29.7 Å². The summed E-state index contributed by atoms with van der Waals surface area (Å²) in [5, 5.41) is 10.5. The lowest BCUT2D eigenvalue weighted by molar-refractivity contribution is 0.238. The van der Waals surface area contributed by atoms with Crippen LogP contribution in [0.15, 0.2) is 24.3 Å². The molecule has 0 bridgehead atoms. The molecule has 2 aromatic rings. The SMILES string of the molecule is CC(CS)NC(=O)n1nnc2ccccc21. The van der Waals surface area contributed by atoms with Gasteiger partial charge in [-0.15, -0.1) is 5.10 Å². The molecule has 0 spiro atoms. The van der Waals surface area contributed by atoms with Gasteiger partial charge in [0, 0.05) is 11.8 Å². The Hall–Kier alpha value is -1.56. The molecule has 6 heteroatoms. The average molecular weight is 236 g/mol. The van der Waals surface area contributed by atoms with Crippen LogP contribution in [0.4, 0.5) is 4.79 Å². The van der Waals surface area contributed by atoms with Crippen molar-refractivity contribution < 1.29 is 4.79 Å². The van der Waals surface area contributed by atoms with E-state index in [1.165, 1.54) is 4.68 Å². The number of carbonyl (C=O) groups is 1. The molecule has 5 nitrogen and oxygen atoms in total. The summed E-state index contributed by atoms with van der Waals surface area (Å²) in [7, 11) is 0. The number of nitrogens with zero attached hydrogens (tertiary/aromatic N) is 3. The molecule has 1 aromatic heterocycles. The van der Waals surface area contributed by atoms with Crippen molar-refractivity contribution in [3.63, 3.8) is 0 Å². The molecule has 0 aliphatic carbocycles. The van der Waals surface area contributed by atoms with E-state index in [0.29, 0.717) is 16.8 Å². The van der Waals surface area contributed by atoms with Gasteiger partial charge in [0.05, 0.1) is 5.52 Å². The molecular weight excluding hydrogens is 224 g/mol. The molecule has 1 heterocycles. The molecule has 1 aromatic carbocycles. The van der Waals surface area contributed by atoms with Crippen LogP contribution < -0.4 is 5.32 Å². The predicted octanol–water partition coefficient (Wildman–Crippen LogP) is 1.31. The second-order valence-electron chi connectivity index (χ2n) is 3.52. The van der Waals surface area contributed by atoms with Crippen LogP contribution in [0.25, 0.3) is 11.0 Å². The van der Waals surface area contributed by atoms with Crippen molar-refractivity contribution in [3.8, 4) is 0 Å². The number of para-hydroxylation sites is 1. The third kappa shape index (κ3) is 2.01. The van der Waals surface area contributed by atoms with Gasteiger partial charge in [0.2, 0.25) is 0 Å². The first kappa shape index (κ1) is 10.9. The molecule has 1 atom stereocenters. The summed E-state index contributed by atoms with van der Waals surface area (Å²) in [4.78, 5) is 11.8. The van der Waals surface area contributed by atoms with E-state index >= 15 is 0 Å². The Kier molecular flexibility index (Phi) is 3.09. The highest BCUT2D eigenvalue weighted by Gasteiger charge is 2.12. The highest BCUT2D eigenvalue weighted by atomic mass is 32.1. The van der Waals surface area contributed by atoms with Gasteiger partial charge >= 0.3 is 6.03 Å². The van der Waals surface area contributed by atoms with Gasteiger partial charge in [0.1, 0.15) is 5.52 Å². The van der Waals surface area contributed by atoms with Gasteiger partial charge < -0.3 is 5.32 Å². The van der Waals surface area contributed by atoms with Gasteiger partial charge in [-0.3, -0.25) is 0 Å². The highest BCUT2D eigenvalue weighted by molar-refractivity contribution is 7.80. The Balaban J connectivity index is 2.30. The molecule has 0 aliphatic rings. The molecule has 84 valence electrons. The standard InChI is InChI=1S/C10H12N4OS/c1-7(6-16)11-10(15)14-9-5-3-2-4-8(9)12-13-14/h2-5,7,16H,6H2,1H3,(H,11,15). The van der Waals surface area contributed by atoms with Crippen molar-refractivity contribution in [1.29, 1.82) is 0 Å². The van der Waals surface area contributed by atoms with Crippen LogP contribution in [0.5, 0.6) is 0 Å². The third-order valence-electron chi connectivity index (χ3n) is 2.19. The summed E-state index contributed by atoms with van der Waals surface area (Å²) < 4.78 is 1.26. The summed E-state index contributed by atoms with van der Waals surface area (Å²) in [5.74, 6) is 0.582. The summed E-state index contributed by atoms with van der Waals surface area (Å²) >= 11 is 4.10. The normalized spacial score (nSPS) is 12.6. The number of nitrogens with one attached hydrogen (secondary N) is 1. The number of fused-ring (bicyclic) bond motifs is 1. The van der Waals surface area contributed by atoms with Crippen molar-refractivity contribution in [2.75, 3.05) is 5.75 Å². The van der Waals surface area contributed by atoms with Crippen LogP contribution in [0.2, 0.25) is 0 Å². The zero-order valence-corrected chi connectivity index (χ0v) is 9.69. The number of amides is 1. The van der Waals surface area contributed by atoms with Crippen LogP contribution in [-0.4, -0.2) is 32.8 Å². The van der Waals surface area contributed by atoms with Crippen LogP contribution in [0.1, 0.15) is 6.92 Å². The molecule has 1 amide bonds. The molecule has 0 radical (unpaired) electrons. The summed E-state index contributed by atoms with van der Waals surface area (Å²) in [6.07, 6.45) is 0. The number of hydrogen-bond acceptors (Lipinski definition) is 4. The number of aromatic nitrogens is 3. The molecule has 0 fully saturated rings. The number of hydrogen-bond donors (Lipinski definition) is 2. The Morgan fingerprint density at radius 3 is 3.06 bits per heavy atom. The Morgan fingerprint density at radius 2 is 2.31 bits per heavy atom. The monoisotopic (exact) mass is 236 g/mol. The number of thiol groups is 1. The molecule has 0 saturated carbocycles. The van der Waals surface area contributed by atoms with E-state index in [2.05, 4.69) is 28.3 Å². The lowest BCUT2D eigenvalue weighted by atomic mass is 10.3. The zero-order chi connectivity index (χ0) is 11.5. The predicted molar refractivity (Wildman–Crippen MR) is 64.8 cm³/mol. The second kappa shape index (κ2) is 4.52. The fourth-order valence-corrected chi connectivity index (χ4v) is 1.43. The molecule has 0 saturated heterocycles. The Morgan fingerprint density at radius 1 is 1.56 bits per heavy atom. The minimum absolute atomic E-state index is 0.00112. The highest BCUT2D eigenvalue weighted by Crippen LogP contribution is 2.09. The van der Waals surface area contributed by atoms with E-state index in [9.17, 15) is 4.79 Å². The van der Waals surface area contributed by atoms with Crippen molar-refractivity contribution in [2.24, 2.45) is 0 Å². The van der Waals surface area contributed by atoms with Crippen molar-refractivity contribution in [1.82, 2.24) is 20.3 Å². The van der Waals surface area contributed by atoms with Crippen LogP contribution in [0.3, 0.4) is 0 Å². The topological polar surface area (TPSA) is 59.8 Å². The van der Waals surface area contributed by atoms with E-state index in [1.807, 2.05) is 25.1 Å². The average Bonchev–Trinajstić information content (AvgIpc) is 2.72. The zero-order valence-electron chi connectivity index (χ0n) is 8.79. The maximum Gasteiger partial charge on any atom is 0.344 e. The first-order valence-corrected chi connectivity index (χ1v) is 5.58. The van der Waals surface area contributed by atoms with E-state index in [-0.39, 0.29) is 12.1 Å². The van der Waals surface area contributed by atoms with Gasteiger partial charge in [0.15, 0.2) is 0 Å². The van der Waals surface area contributed by atoms with E-state index in [4.69, 9.17) is 0 Å². The van der Waals surface area contributed by atoms with Crippen LogP contribution >= 0.6 is 12.6 Å². The third-order valence-corrected chi connectivity index (χ3v) is 2.74. The Labute approximate surface area is 98.2 Å². The Bertz CT molecular complexity index is 510. The number of benzene rings is 1.